The summed E-state index contributed by atoms with van der Waals surface area (Å²) in [4.78, 5) is 2.13. The maximum atomic E-state index is 11.4. The van der Waals surface area contributed by atoms with Gasteiger partial charge in [0.25, 0.3) is 0 Å². The zero-order valence-electron chi connectivity index (χ0n) is 8.07. The second-order valence-electron chi connectivity index (χ2n) is 3.81. The van der Waals surface area contributed by atoms with Gasteiger partial charge in [-0.05, 0) is 5.92 Å². The molecule has 0 saturated carbocycles. The Balaban J connectivity index is 2.58. The predicted octanol–water partition coefficient (Wildman–Crippen LogP) is -0.688. The molecule has 0 aliphatic carbocycles. The standard InChI is InChI=1S/C8H18N2O2S/c1-8-6-10(3-2-9)4-5-13(11,12)7-8/h8H,2-7,9H2,1H3. The first-order valence-electron chi connectivity index (χ1n) is 4.66. The van der Waals surface area contributed by atoms with E-state index in [0.717, 1.165) is 13.1 Å². The van der Waals surface area contributed by atoms with Crippen molar-refractivity contribution in [3.63, 3.8) is 0 Å². The average molecular weight is 206 g/mol. The summed E-state index contributed by atoms with van der Waals surface area (Å²) in [6.07, 6.45) is 0. The number of hydrogen-bond donors (Lipinski definition) is 1. The van der Waals surface area contributed by atoms with Gasteiger partial charge >= 0.3 is 0 Å². The van der Waals surface area contributed by atoms with E-state index in [2.05, 4.69) is 4.90 Å². The Morgan fingerprint density at radius 1 is 1.54 bits per heavy atom. The highest BCUT2D eigenvalue weighted by Crippen LogP contribution is 2.09. The lowest BCUT2D eigenvalue weighted by atomic mass is 10.2. The van der Waals surface area contributed by atoms with E-state index in [1.807, 2.05) is 6.92 Å². The molecule has 0 bridgehead atoms. The summed E-state index contributed by atoms with van der Waals surface area (Å²) in [6, 6.07) is 0. The van der Waals surface area contributed by atoms with Crippen LogP contribution in [0.5, 0.6) is 0 Å². The van der Waals surface area contributed by atoms with Crippen LogP contribution in [-0.4, -0.2) is 51.0 Å². The van der Waals surface area contributed by atoms with E-state index in [-0.39, 0.29) is 11.7 Å². The maximum absolute atomic E-state index is 11.4. The van der Waals surface area contributed by atoms with Crippen LogP contribution in [0.2, 0.25) is 0 Å². The van der Waals surface area contributed by atoms with Gasteiger partial charge in [-0.1, -0.05) is 6.92 Å². The third kappa shape index (κ3) is 3.62. The van der Waals surface area contributed by atoms with Crippen molar-refractivity contribution in [1.29, 1.82) is 0 Å². The van der Waals surface area contributed by atoms with Crippen LogP contribution in [0.4, 0.5) is 0 Å². The number of nitrogens with two attached hydrogens (primary N) is 1. The van der Waals surface area contributed by atoms with Crippen LogP contribution in [0.3, 0.4) is 0 Å². The lowest BCUT2D eigenvalue weighted by molar-refractivity contribution is 0.272. The zero-order chi connectivity index (χ0) is 9.90. The number of nitrogens with zero attached hydrogens (tertiary/aromatic N) is 1. The van der Waals surface area contributed by atoms with Crippen molar-refractivity contribution in [2.45, 2.75) is 6.92 Å². The Morgan fingerprint density at radius 2 is 2.23 bits per heavy atom. The van der Waals surface area contributed by atoms with Crippen LogP contribution in [0.15, 0.2) is 0 Å². The highest BCUT2D eigenvalue weighted by atomic mass is 32.2. The first-order valence-corrected chi connectivity index (χ1v) is 6.48. The Morgan fingerprint density at radius 3 is 2.85 bits per heavy atom. The summed E-state index contributed by atoms with van der Waals surface area (Å²) in [7, 11) is -2.80. The normalized spacial score (nSPS) is 29.8. The van der Waals surface area contributed by atoms with Crippen molar-refractivity contribution >= 4 is 9.84 Å². The summed E-state index contributed by atoms with van der Waals surface area (Å²) in [5.74, 6) is 0.852. The second kappa shape index (κ2) is 4.39. The van der Waals surface area contributed by atoms with Gasteiger partial charge < -0.3 is 10.6 Å². The van der Waals surface area contributed by atoms with Gasteiger partial charge in [-0.15, -0.1) is 0 Å². The molecule has 0 aromatic carbocycles. The topological polar surface area (TPSA) is 63.4 Å². The lowest BCUT2D eigenvalue weighted by Gasteiger charge is -2.20. The van der Waals surface area contributed by atoms with Gasteiger partial charge in [-0.2, -0.15) is 0 Å². The van der Waals surface area contributed by atoms with Gasteiger partial charge in [0.1, 0.15) is 0 Å². The van der Waals surface area contributed by atoms with Gasteiger partial charge in [0, 0.05) is 26.2 Å². The van der Waals surface area contributed by atoms with E-state index >= 15 is 0 Å². The molecule has 78 valence electrons. The lowest BCUT2D eigenvalue weighted by Crippen LogP contribution is -2.33. The Labute approximate surface area is 80.0 Å². The third-order valence-electron chi connectivity index (χ3n) is 2.27. The van der Waals surface area contributed by atoms with Crippen molar-refractivity contribution in [3.8, 4) is 0 Å². The van der Waals surface area contributed by atoms with Crippen molar-refractivity contribution in [1.82, 2.24) is 4.90 Å². The van der Waals surface area contributed by atoms with Crippen molar-refractivity contribution < 1.29 is 8.42 Å². The van der Waals surface area contributed by atoms with E-state index in [1.165, 1.54) is 0 Å². The molecule has 0 amide bonds. The van der Waals surface area contributed by atoms with Crippen LogP contribution >= 0.6 is 0 Å². The maximum Gasteiger partial charge on any atom is 0.151 e. The predicted molar refractivity (Wildman–Crippen MR) is 53.3 cm³/mol. The van der Waals surface area contributed by atoms with Crippen molar-refractivity contribution in [3.05, 3.63) is 0 Å². The third-order valence-corrected chi connectivity index (χ3v) is 4.15. The molecule has 0 aromatic heterocycles. The molecule has 1 unspecified atom stereocenters. The molecule has 1 aliphatic heterocycles. The molecule has 2 N–H and O–H groups in total. The first-order chi connectivity index (χ1) is 6.03. The molecule has 1 aliphatic rings. The SMILES string of the molecule is CC1CN(CCN)CCS(=O)(=O)C1. The number of hydrogen-bond acceptors (Lipinski definition) is 4. The molecule has 5 heteroatoms. The zero-order valence-corrected chi connectivity index (χ0v) is 8.89. The number of sulfone groups is 1. The second-order valence-corrected chi connectivity index (χ2v) is 6.04. The largest absolute Gasteiger partial charge is 0.329 e. The van der Waals surface area contributed by atoms with E-state index in [9.17, 15) is 8.42 Å². The molecule has 0 spiro atoms. The highest BCUT2D eigenvalue weighted by molar-refractivity contribution is 7.91. The molecule has 13 heavy (non-hydrogen) atoms. The highest BCUT2D eigenvalue weighted by Gasteiger charge is 2.23. The fourth-order valence-electron chi connectivity index (χ4n) is 1.76. The molecule has 1 fully saturated rings. The summed E-state index contributed by atoms with van der Waals surface area (Å²) < 4.78 is 22.7. The minimum Gasteiger partial charge on any atom is -0.329 e. The quantitative estimate of drug-likeness (QED) is 0.649. The van der Waals surface area contributed by atoms with Gasteiger partial charge in [-0.3, -0.25) is 0 Å². The van der Waals surface area contributed by atoms with E-state index in [1.54, 1.807) is 0 Å². The molecular formula is C8H18N2O2S. The molecular weight excluding hydrogens is 188 g/mol. The van der Waals surface area contributed by atoms with Crippen molar-refractivity contribution in [2.24, 2.45) is 11.7 Å². The molecule has 1 heterocycles. The fourth-order valence-corrected chi connectivity index (χ4v) is 3.43. The molecule has 1 atom stereocenters. The summed E-state index contributed by atoms with van der Waals surface area (Å²) in [6.45, 7) is 4.89. The Bertz CT molecular complexity index is 251. The Hall–Kier alpha value is -0.130. The molecule has 0 aromatic rings. The average Bonchev–Trinajstić information content (AvgIpc) is 2.10. The van der Waals surface area contributed by atoms with E-state index in [4.69, 9.17) is 5.73 Å². The smallest absolute Gasteiger partial charge is 0.151 e. The van der Waals surface area contributed by atoms with Crippen LogP contribution < -0.4 is 5.73 Å². The summed E-state index contributed by atoms with van der Waals surface area (Å²) in [5, 5.41) is 0. The van der Waals surface area contributed by atoms with Gasteiger partial charge in [0.05, 0.1) is 11.5 Å². The van der Waals surface area contributed by atoms with Crippen molar-refractivity contribution in [2.75, 3.05) is 37.7 Å². The van der Waals surface area contributed by atoms with E-state index in [0.29, 0.717) is 18.8 Å². The van der Waals surface area contributed by atoms with Gasteiger partial charge in [-0.25, -0.2) is 8.42 Å². The van der Waals surface area contributed by atoms with Crippen LogP contribution in [-0.2, 0) is 9.84 Å². The summed E-state index contributed by atoms with van der Waals surface area (Å²) in [5.41, 5.74) is 5.43. The van der Waals surface area contributed by atoms with Crippen LogP contribution in [0.1, 0.15) is 6.92 Å². The minimum absolute atomic E-state index is 0.235. The minimum atomic E-state index is -2.80. The molecule has 1 rings (SSSR count). The number of rotatable bonds is 2. The monoisotopic (exact) mass is 206 g/mol. The van der Waals surface area contributed by atoms with Gasteiger partial charge in [0.2, 0.25) is 0 Å². The Kier molecular flexibility index (Phi) is 3.70. The summed E-state index contributed by atoms with van der Waals surface area (Å²) >= 11 is 0. The first kappa shape index (κ1) is 10.9. The fraction of sp³-hybridized carbons (Fsp3) is 1.00. The molecule has 0 radical (unpaired) electrons. The van der Waals surface area contributed by atoms with E-state index < -0.39 is 9.84 Å². The molecule has 1 saturated heterocycles. The molecule has 4 nitrogen and oxygen atoms in total. The van der Waals surface area contributed by atoms with Gasteiger partial charge in [0.15, 0.2) is 9.84 Å². The van der Waals surface area contributed by atoms with Crippen LogP contribution in [0.25, 0.3) is 0 Å². The van der Waals surface area contributed by atoms with Crippen LogP contribution in [0, 0.1) is 5.92 Å².